The van der Waals surface area contributed by atoms with Crippen molar-refractivity contribution in [3.05, 3.63) is 108 Å². The summed E-state index contributed by atoms with van der Waals surface area (Å²) in [6.07, 6.45) is 3.32. The molecule has 2 aliphatic heterocycles. The van der Waals surface area contributed by atoms with Crippen LogP contribution in [-0.2, 0) is 10.4 Å². The van der Waals surface area contributed by atoms with Crippen LogP contribution in [0.25, 0.3) is 0 Å². The fourth-order valence-electron chi connectivity index (χ4n) is 5.36. The summed E-state index contributed by atoms with van der Waals surface area (Å²) in [5, 5.41) is 4.29. The van der Waals surface area contributed by atoms with Gasteiger partial charge in [0.05, 0.1) is 17.3 Å². The Balaban J connectivity index is 1.74. The minimum atomic E-state index is -0.370. The summed E-state index contributed by atoms with van der Waals surface area (Å²) in [7, 11) is 0. The van der Waals surface area contributed by atoms with Gasteiger partial charge in [0.25, 0.3) is 0 Å². The van der Waals surface area contributed by atoms with Gasteiger partial charge in [-0.1, -0.05) is 96.2 Å². The third-order valence-corrected chi connectivity index (χ3v) is 6.57. The van der Waals surface area contributed by atoms with Crippen molar-refractivity contribution >= 4 is 5.71 Å². The van der Waals surface area contributed by atoms with E-state index in [1.165, 1.54) is 16.7 Å². The molecule has 152 valence electrons. The van der Waals surface area contributed by atoms with Crippen molar-refractivity contribution in [1.29, 1.82) is 0 Å². The topological polar surface area (TPSA) is 24.8 Å². The molecule has 3 heteroatoms. The molecule has 1 saturated heterocycles. The average molecular weight is 397 g/mol. The van der Waals surface area contributed by atoms with Gasteiger partial charge in [0, 0.05) is 13.0 Å². The van der Waals surface area contributed by atoms with Gasteiger partial charge in [-0.15, -0.1) is 0 Å². The van der Waals surface area contributed by atoms with Crippen LogP contribution in [0.2, 0.25) is 0 Å². The second-order valence-electron chi connectivity index (χ2n) is 8.39. The van der Waals surface area contributed by atoms with E-state index < -0.39 is 0 Å². The van der Waals surface area contributed by atoms with Crippen molar-refractivity contribution in [3.8, 4) is 0 Å². The third kappa shape index (κ3) is 3.14. The quantitative estimate of drug-likeness (QED) is 0.524. The number of hydrogen-bond donors (Lipinski definition) is 0. The lowest BCUT2D eigenvalue weighted by Gasteiger charge is -2.47. The van der Waals surface area contributed by atoms with Crippen molar-refractivity contribution in [2.24, 2.45) is 5.16 Å². The van der Waals surface area contributed by atoms with Crippen LogP contribution in [-0.4, -0.2) is 29.3 Å². The molecule has 0 bridgehead atoms. The van der Waals surface area contributed by atoms with Crippen LogP contribution < -0.4 is 0 Å². The molecule has 30 heavy (non-hydrogen) atoms. The van der Waals surface area contributed by atoms with Crippen LogP contribution in [0, 0.1) is 0 Å². The average Bonchev–Trinajstić information content (AvgIpc) is 3.46. The van der Waals surface area contributed by atoms with Gasteiger partial charge in [-0.25, -0.2) is 0 Å². The van der Waals surface area contributed by atoms with Gasteiger partial charge in [-0.2, -0.15) is 0 Å². The van der Waals surface area contributed by atoms with E-state index in [0.29, 0.717) is 6.04 Å². The minimum Gasteiger partial charge on any atom is -0.390 e. The summed E-state index contributed by atoms with van der Waals surface area (Å²) < 4.78 is 0. The molecule has 0 unspecified atom stereocenters. The highest BCUT2D eigenvalue weighted by molar-refractivity contribution is 5.82. The molecule has 0 spiro atoms. The number of benzene rings is 3. The lowest BCUT2D eigenvalue weighted by atomic mass is 9.75. The lowest BCUT2D eigenvalue weighted by molar-refractivity contribution is -0.00194. The van der Waals surface area contributed by atoms with E-state index in [4.69, 9.17) is 4.84 Å². The van der Waals surface area contributed by atoms with Crippen molar-refractivity contribution in [2.75, 3.05) is 6.54 Å². The molecular formula is C27H28N2O. The first kappa shape index (κ1) is 19.1. The smallest absolute Gasteiger partial charge is 0.148 e. The second-order valence-corrected chi connectivity index (χ2v) is 8.39. The Morgan fingerprint density at radius 3 is 1.73 bits per heavy atom. The number of hydrogen-bond acceptors (Lipinski definition) is 3. The zero-order valence-corrected chi connectivity index (χ0v) is 17.4. The van der Waals surface area contributed by atoms with Gasteiger partial charge in [0.15, 0.2) is 0 Å². The highest BCUT2D eigenvalue weighted by atomic mass is 16.6. The van der Waals surface area contributed by atoms with E-state index in [1.54, 1.807) is 0 Å². The maximum absolute atomic E-state index is 5.93. The fraction of sp³-hybridized carbons (Fsp3) is 0.296. The number of rotatable bonds is 5. The Kier molecular flexibility index (Phi) is 5.14. The van der Waals surface area contributed by atoms with Gasteiger partial charge in [-0.3, -0.25) is 4.90 Å². The molecule has 0 aliphatic carbocycles. The fourth-order valence-corrected chi connectivity index (χ4v) is 5.36. The van der Waals surface area contributed by atoms with Crippen LogP contribution in [0.1, 0.15) is 42.9 Å². The van der Waals surface area contributed by atoms with Crippen molar-refractivity contribution < 1.29 is 4.84 Å². The normalized spacial score (nSPS) is 22.0. The first-order chi connectivity index (χ1) is 14.8. The summed E-state index contributed by atoms with van der Waals surface area (Å²) in [6, 6.07) is 33.2. The predicted molar refractivity (Wildman–Crippen MR) is 122 cm³/mol. The Morgan fingerprint density at radius 1 is 0.800 bits per heavy atom. The van der Waals surface area contributed by atoms with Gasteiger partial charge < -0.3 is 4.84 Å². The molecule has 3 aromatic carbocycles. The molecule has 0 saturated carbocycles. The summed E-state index contributed by atoms with van der Waals surface area (Å²) in [5.74, 6) is 0. The molecular weight excluding hydrogens is 368 g/mol. The molecule has 0 aromatic heterocycles. The highest BCUT2D eigenvalue weighted by Gasteiger charge is 2.49. The number of oxime groups is 1. The minimum absolute atomic E-state index is 0.114. The SMILES string of the molecule is CC1=NO[C@H]([C@@H]2CCCN2C(c2ccccc2)(c2ccccc2)c2ccccc2)C1. The maximum Gasteiger partial charge on any atom is 0.148 e. The predicted octanol–water partition coefficient (Wildman–Crippen LogP) is 5.61. The Hall–Kier alpha value is -2.91. The van der Waals surface area contributed by atoms with E-state index in [2.05, 4.69) is 108 Å². The van der Waals surface area contributed by atoms with E-state index in [1.807, 2.05) is 0 Å². The first-order valence-electron chi connectivity index (χ1n) is 10.9. The Bertz CT molecular complexity index is 904. The van der Waals surface area contributed by atoms with Crippen LogP contribution in [0.5, 0.6) is 0 Å². The molecule has 2 atom stereocenters. The summed E-state index contributed by atoms with van der Waals surface area (Å²) in [4.78, 5) is 8.61. The zero-order chi connectivity index (χ0) is 20.4. The molecule has 3 aromatic rings. The van der Waals surface area contributed by atoms with Crippen molar-refractivity contribution in [3.63, 3.8) is 0 Å². The summed E-state index contributed by atoms with van der Waals surface area (Å²) in [6.45, 7) is 3.10. The van der Waals surface area contributed by atoms with Crippen molar-refractivity contribution in [1.82, 2.24) is 4.90 Å². The van der Waals surface area contributed by atoms with Crippen LogP contribution in [0.3, 0.4) is 0 Å². The Morgan fingerprint density at radius 2 is 1.30 bits per heavy atom. The van der Waals surface area contributed by atoms with E-state index in [-0.39, 0.29) is 11.6 Å². The van der Waals surface area contributed by atoms with E-state index in [0.717, 1.165) is 31.5 Å². The monoisotopic (exact) mass is 396 g/mol. The van der Waals surface area contributed by atoms with Crippen LogP contribution in [0.15, 0.2) is 96.2 Å². The van der Waals surface area contributed by atoms with Crippen LogP contribution in [0.4, 0.5) is 0 Å². The molecule has 0 N–H and O–H groups in total. The maximum atomic E-state index is 5.93. The van der Waals surface area contributed by atoms with Crippen LogP contribution >= 0.6 is 0 Å². The first-order valence-corrected chi connectivity index (χ1v) is 10.9. The zero-order valence-electron chi connectivity index (χ0n) is 17.4. The molecule has 1 fully saturated rings. The van der Waals surface area contributed by atoms with Gasteiger partial charge in [0.2, 0.25) is 0 Å². The van der Waals surface area contributed by atoms with E-state index in [9.17, 15) is 0 Å². The van der Waals surface area contributed by atoms with Gasteiger partial charge in [0.1, 0.15) is 6.10 Å². The van der Waals surface area contributed by atoms with E-state index >= 15 is 0 Å². The van der Waals surface area contributed by atoms with Gasteiger partial charge in [-0.05, 0) is 36.5 Å². The number of likely N-dealkylation sites (tertiary alicyclic amines) is 1. The second kappa shape index (κ2) is 8.08. The highest BCUT2D eigenvalue weighted by Crippen LogP contribution is 2.47. The summed E-state index contributed by atoms with van der Waals surface area (Å²) >= 11 is 0. The largest absolute Gasteiger partial charge is 0.390 e. The Labute approximate surface area is 179 Å². The van der Waals surface area contributed by atoms with Gasteiger partial charge >= 0.3 is 0 Å². The third-order valence-electron chi connectivity index (χ3n) is 6.57. The van der Waals surface area contributed by atoms with Crippen molar-refractivity contribution in [2.45, 2.75) is 43.9 Å². The molecule has 3 nitrogen and oxygen atoms in total. The molecule has 0 radical (unpaired) electrons. The molecule has 2 aliphatic rings. The molecule has 5 rings (SSSR count). The standard InChI is InChI=1S/C27H28N2O/c1-21-20-26(30-28-21)25-18-11-19-29(25)27(22-12-5-2-6-13-22,23-14-7-3-8-15-23)24-16-9-4-10-17-24/h2-10,12-17,25-26H,11,18-20H2,1H3/t25-,26-/m0/s1. The number of nitrogens with zero attached hydrogens (tertiary/aromatic N) is 2. The molecule has 2 heterocycles. The molecule has 0 amide bonds. The lowest BCUT2D eigenvalue weighted by Crippen LogP contribution is -2.53. The summed E-state index contributed by atoms with van der Waals surface area (Å²) in [5.41, 5.74) is 4.61.